The Bertz CT molecular complexity index is 1620. The molecule has 154 valence electrons. The van der Waals surface area contributed by atoms with E-state index < -0.39 is 0 Å². The van der Waals surface area contributed by atoms with Gasteiger partial charge in [-0.05, 0) is 48.5 Å². The minimum Gasteiger partial charge on any atom is -0.268 e. The molecule has 6 nitrogen and oxygen atoms in total. The quantitative estimate of drug-likeness (QED) is 0.353. The second-order valence-electron chi connectivity index (χ2n) is 7.19. The van der Waals surface area contributed by atoms with Crippen LogP contribution in [-0.2, 0) is 0 Å². The maximum absolute atomic E-state index is 13.7. The van der Waals surface area contributed by atoms with Crippen LogP contribution >= 0.6 is 22.9 Å². The molecule has 6 aromatic rings. The number of hydrogen-bond acceptors (Lipinski definition) is 5. The summed E-state index contributed by atoms with van der Waals surface area (Å²) in [5.41, 5.74) is 2.53. The summed E-state index contributed by atoms with van der Waals surface area (Å²) < 4.78 is 4.27. The van der Waals surface area contributed by atoms with E-state index in [1.165, 1.54) is 11.3 Å². The van der Waals surface area contributed by atoms with Crippen LogP contribution in [0.25, 0.3) is 43.5 Å². The number of nitrogens with zero attached hydrogens (tertiary/aromatic N) is 5. The van der Waals surface area contributed by atoms with Gasteiger partial charge in [0.2, 0.25) is 0 Å². The highest BCUT2D eigenvalue weighted by atomic mass is 35.5. The first-order valence-corrected chi connectivity index (χ1v) is 11.1. The molecule has 0 N–H and O–H groups in total. The highest BCUT2D eigenvalue weighted by molar-refractivity contribution is 7.21. The van der Waals surface area contributed by atoms with E-state index in [0.29, 0.717) is 32.6 Å². The minimum absolute atomic E-state index is 0.214. The summed E-state index contributed by atoms with van der Waals surface area (Å²) in [6.45, 7) is 0. The van der Waals surface area contributed by atoms with Gasteiger partial charge in [0, 0.05) is 11.2 Å². The normalized spacial score (nSPS) is 11.4. The van der Waals surface area contributed by atoms with Gasteiger partial charge in [-0.15, -0.1) is 16.4 Å². The Morgan fingerprint density at radius 1 is 0.812 bits per heavy atom. The molecular formula is C24H14ClN5OS. The summed E-state index contributed by atoms with van der Waals surface area (Å²) in [5, 5.41) is 6.24. The van der Waals surface area contributed by atoms with E-state index in [1.54, 1.807) is 39.7 Å². The van der Waals surface area contributed by atoms with Crippen LogP contribution in [0.3, 0.4) is 0 Å². The molecule has 0 aliphatic heterocycles. The lowest BCUT2D eigenvalue weighted by atomic mass is 10.3. The number of thiazole rings is 1. The topological polar surface area (TPSA) is 65.6 Å². The van der Waals surface area contributed by atoms with E-state index in [9.17, 15) is 4.79 Å². The molecule has 0 aliphatic rings. The number of fused-ring (bicyclic) bond motifs is 2. The summed E-state index contributed by atoms with van der Waals surface area (Å²) in [7, 11) is 0. The van der Waals surface area contributed by atoms with Crippen LogP contribution in [0.15, 0.2) is 89.9 Å². The molecular weight excluding hydrogens is 442 g/mol. The van der Waals surface area contributed by atoms with E-state index in [2.05, 4.69) is 5.10 Å². The van der Waals surface area contributed by atoms with Crippen LogP contribution in [0.2, 0.25) is 5.02 Å². The van der Waals surface area contributed by atoms with Gasteiger partial charge in [0.25, 0.3) is 5.56 Å². The predicted octanol–water partition coefficient (Wildman–Crippen LogP) is 5.50. The Kier molecular flexibility index (Phi) is 4.38. The molecule has 0 fully saturated rings. The van der Waals surface area contributed by atoms with Crippen molar-refractivity contribution >= 4 is 44.2 Å². The average Bonchev–Trinajstić information content (AvgIpc) is 3.45. The molecule has 6 rings (SSSR count). The largest absolute Gasteiger partial charge is 0.269 e. The molecule has 0 atom stereocenters. The molecule has 3 aromatic heterocycles. The van der Waals surface area contributed by atoms with Gasteiger partial charge in [-0.3, -0.25) is 9.36 Å². The van der Waals surface area contributed by atoms with Crippen molar-refractivity contribution in [1.29, 1.82) is 0 Å². The van der Waals surface area contributed by atoms with E-state index in [0.717, 1.165) is 15.9 Å². The SMILES string of the molecule is O=c1c2cn(-c3ccccc3)nc2nc(-c2nc3ccccc3s2)n1-c1ccc(Cl)cc1. The van der Waals surface area contributed by atoms with Crippen LogP contribution < -0.4 is 5.56 Å². The van der Waals surface area contributed by atoms with E-state index in [-0.39, 0.29) is 5.56 Å². The smallest absolute Gasteiger partial charge is 0.268 e. The molecule has 0 spiro atoms. The van der Waals surface area contributed by atoms with Crippen molar-refractivity contribution in [2.75, 3.05) is 0 Å². The van der Waals surface area contributed by atoms with E-state index in [4.69, 9.17) is 21.6 Å². The van der Waals surface area contributed by atoms with Gasteiger partial charge >= 0.3 is 0 Å². The maximum Gasteiger partial charge on any atom is 0.269 e. The Morgan fingerprint density at radius 2 is 1.56 bits per heavy atom. The summed E-state index contributed by atoms with van der Waals surface area (Å²) >= 11 is 7.58. The fraction of sp³-hybridized carbons (Fsp3) is 0. The molecule has 3 aromatic carbocycles. The lowest BCUT2D eigenvalue weighted by Crippen LogP contribution is -2.21. The lowest BCUT2D eigenvalue weighted by molar-refractivity contribution is 0.888. The van der Waals surface area contributed by atoms with Crippen molar-refractivity contribution in [3.05, 3.63) is 100 Å². The number of hydrogen-bond donors (Lipinski definition) is 0. The average molecular weight is 456 g/mol. The van der Waals surface area contributed by atoms with Gasteiger partial charge < -0.3 is 0 Å². The van der Waals surface area contributed by atoms with E-state index in [1.807, 2.05) is 54.6 Å². The first kappa shape index (κ1) is 18.9. The predicted molar refractivity (Wildman–Crippen MR) is 128 cm³/mol. The zero-order chi connectivity index (χ0) is 21.7. The van der Waals surface area contributed by atoms with Crippen molar-refractivity contribution < 1.29 is 0 Å². The number of para-hydroxylation sites is 2. The molecule has 0 aliphatic carbocycles. The number of halogens is 1. The van der Waals surface area contributed by atoms with Crippen molar-refractivity contribution in [2.45, 2.75) is 0 Å². The third kappa shape index (κ3) is 3.10. The van der Waals surface area contributed by atoms with Gasteiger partial charge in [0.1, 0.15) is 5.39 Å². The van der Waals surface area contributed by atoms with Crippen LogP contribution in [0.4, 0.5) is 0 Å². The Labute approximate surface area is 191 Å². The number of benzene rings is 3. The van der Waals surface area contributed by atoms with Crippen LogP contribution in [-0.4, -0.2) is 24.3 Å². The fourth-order valence-electron chi connectivity index (χ4n) is 3.62. The monoisotopic (exact) mass is 455 g/mol. The summed E-state index contributed by atoms with van der Waals surface area (Å²) in [6, 6.07) is 24.6. The zero-order valence-electron chi connectivity index (χ0n) is 16.5. The molecule has 3 heterocycles. The summed E-state index contributed by atoms with van der Waals surface area (Å²) in [4.78, 5) is 23.2. The Morgan fingerprint density at radius 3 is 2.34 bits per heavy atom. The van der Waals surface area contributed by atoms with Gasteiger partial charge in [-0.2, -0.15) is 0 Å². The molecule has 0 amide bonds. The zero-order valence-corrected chi connectivity index (χ0v) is 18.1. The molecule has 0 saturated heterocycles. The first-order valence-electron chi connectivity index (χ1n) is 9.87. The molecule has 0 unspecified atom stereocenters. The lowest BCUT2D eigenvalue weighted by Gasteiger charge is -2.10. The second-order valence-corrected chi connectivity index (χ2v) is 8.65. The Balaban J connectivity index is 1.66. The standard InChI is InChI=1S/C24H14ClN5OS/c25-15-10-12-17(13-11-15)30-22(23-26-19-8-4-5-9-20(19)32-23)27-21-18(24(30)31)14-29(28-21)16-6-2-1-3-7-16/h1-14H. The number of rotatable bonds is 3. The van der Waals surface area contributed by atoms with Gasteiger partial charge in [0.15, 0.2) is 16.5 Å². The first-order chi connectivity index (χ1) is 15.7. The molecule has 0 radical (unpaired) electrons. The molecule has 0 saturated carbocycles. The third-order valence-electron chi connectivity index (χ3n) is 5.14. The van der Waals surface area contributed by atoms with Crippen LogP contribution in [0, 0.1) is 0 Å². The van der Waals surface area contributed by atoms with Crippen LogP contribution in [0.1, 0.15) is 0 Å². The highest BCUT2D eigenvalue weighted by Crippen LogP contribution is 2.30. The second kappa shape index (κ2) is 7.40. The van der Waals surface area contributed by atoms with Crippen molar-refractivity contribution in [3.63, 3.8) is 0 Å². The van der Waals surface area contributed by atoms with Gasteiger partial charge in [-0.25, -0.2) is 14.6 Å². The van der Waals surface area contributed by atoms with Crippen molar-refractivity contribution in [3.8, 4) is 22.2 Å². The van der Waals surface area contributed by atoms with Crippen molar-refractivity contribution in [2.24, 2.45) is 0 Å². The third-order valence-corrected chi connectivity index (χ3v) is 6.43. The molecule has 0 bridgehead atoms. The van der Waals surface area contributed by atoms with Gasteiger partial charge in [0.05, 0.1) is 21.6 Å². The number of aromatic nitrogens is 5. The molecule has 32 heavy (non-hydrogen) atoms. The minimum atomic E-state index is -0.214. The van der Waals surface area contributed by atoms with E-state index >= 15 is 0 Å². The summed E-state index contributed by atoms with van der Waals surface area (Å²) in [6.07, 6.45) is 1.72. The summed E-state index contributed by atoms with van der Waals surface area (Å²) in [5.74, 6) is 0.448. The Hall–Kier alpha value is -3.81. The molecule has 8 heteroatoms. The fourth-order valence-corrected chi connectivity index (χ4v) is 4.69. The van der Waals surface area contributed by atoms with Crippen LogP contribution in [0.5, 0.6) is 0 Å². The highest BCUT2D eigenvalue weighted by Gasteiger charge is 2.20. The maximum atomic E-state index is 13.7. The van der Waals surface area contributed by atoms with Gasteiger partial charge in [-0.1, -0.05) is 41.9 Å². The van der Waals surface area contributed by atoms with Crippen molar-refractivity contribution in [1.82, 2.24) is 24.3 Å².